The Balaban J connectivity index is 3.26. The first kappa shape index (κ1) is 9.74. The van der Waals surface area contributed by atoms with E-state index in [2.05, 4.69) is 5.43 Å². The van der Waals surface area contributed by atoms with Crippen molar-refractivity contribution in [3.05, 3.63) is 34.4 Å². The van der Waals surface area contributed by atoms with E-state index in [0.717, 1.165) is 11.1 Å². The molecule has 0 spiro atoms. The molecular weight excluding hydrogens is 164 g/mol. The summed E-state index contributed by atoms with van der Waals surface area (Å²) < 4.78 is 0. The van der Waals surface area contributed by atoms with Gasteiger partial charge in [-0.3, -0.25) is 10.2 Å². The van der Waals surface area contributed by atoms with Crippen LogP contribution in [-0.2, 0) is 0 Å². The van der Waals surface area contributed by atoms with Gasteiger partial charge in [0, 0.05) is 5.56 Å². The lowest BCUT2D eigenvalue weighted by molar-refractivity contribution is 0.0953. The van der Waals surface area contributed by atoms with Gasteiger partial charge < -0.3 is 0 Å². The van der Waals surface area contributed by atoms with Crippen molar-refractivity contribution < 1.29 is 4.79 Å². The van der Waals surface area contributed by atoms with E-state index in [-0.39, 0.29) is 5.91 Å². The molecule has 0 aliphatic carbocycles. The van der Waals surface area contributed by atoms with Crippen molar-refractivity contribution in [2.24, 2.45) is 5.84 Å². The Kier molecular flexibility index (Phi) is 2.68. The number of amides is 1. The summed E-state index contributed by atoms with van der Waals surface area (Å²) in [7, 11) is 0. The SMILES string of the molecule is Cc1ccc(C(=O)NN)c(C)c1C. The van der Waals surface area contributed by atoms with Gasteiger partial charge in [-0.15, -0.1) is 0 Å². The van der Waals surface area contributed by atoms with Crippen LogP contribution in [0.2, 0.25) is 0 Å². The number of nitrogens with one attached hydrogen (secondary N) is 1. The summed E-state index contributed by atoms with van der Waals surface area (Å²) in [5, 5.41) is 0. The molecule has 70 valence electrons. The second-order valence-electron chi connectivity index (χ2n) is 3.15. The minimum absolute atomic E-state index is 0.236. The van der Waals surface area contributed by atoms with Crippen LogP contribution in [0.15, 0.2) is 12.1 Å². The van der Waals surface area contributed by atoms with Crippen molar-refractivity contribution in [1.29, 1.82) is 0 Å². The Labute approximate surface area is 77.9 Å². The van der Waals surface area contributed by atoms with E-state index < -0.39 is 0 Å². The molecule has 3 nitrogen and oxygen atoms in total. The molecule has 0 aliphatic rings. The van der Waals surface area contributed by atoms with Gasteiger partial charge in [0.2, 0.25) is 0 Å². The van der Waals surface area contributed by atoms with Gasteiger partial charge in [-0.2, -0.15) is 0 Å². The van der Waals surface area contributed by atoms with Crippen LogP contribution in [0.1, 0.15) is 27.0 Å². The third-order valence-corrected chi connectivity index (χ3v) is 2.43. The number of hydrazine groups is 1. The van der Waals surface area contributed by atoms with Crippen LogP contribution >= 0.6 is 0 Å². The lowest BCUT2D eigenvalue weighted by Gasteiger charge is -2.09. The molecule has 0 fully saturated rings. The molecule has 0 saturated heterocycles. The monoisotopic (exact) mass is 178 g/mol. The highest BCUT2D eigenvalue weighted by molar-refractivity contribution is 5.95. The summed E-state index contributed by atoms with van der Waals surface area (Å²) in [4.78, 5) is 11.3. The van der Waals surface area contributed by atoms with E-state index in [1.165, 1.54) is 5.56 Å². The molecular formula is C10H14N2O. The molecule has 0 atom stereocenters. The van der Waals surface area contributed by atoms with E-state index >= 15 is 0 Å². The van der Waals surface area contributed by atoms with Crippen LogP contribution in [0.3, 0.4) is 0 Å². The molecule has 0 aromatic heterocycles. The Bertz CT molecular complexity index is 345. The van der Waals surface area contributed by atoms with E-state index in [1.54, 1.807) is 6.07 Å². The lowest BCUT2D eigenvalue weighted by Crippen LogP contribution is -2.30. The average molecular weight is 178 g/mol. The predicted octanol–water partition coefficient (Wildman–Crippen LogP) is 1.22. The van der Waals surface area contributed by atoms with Crippen LogP contribution in [-0.4, -0.2) is 5.91 Å². The van der Waals surface area contributed by atoms with Crippen LogP contribution in [0.4, 0.5) is 0 Å². The third-order valence-electron chi connectivity index (χ3n) is 2.43. The summed E-state index contributed by atoms with van der Waals surface area (Å²) >= 11 is 0. The summed E-state index contributed by atoms with van der Waals surface area (Å²) in [5.74, 6) is 4.83. The predicted molar refractivity (Wildman–Crippen MR) is 52.3 cm³/mol. The lowest BCUT2D eigenvalue weighted by atomic mass is 9.99. The summed E-state index contributed by atoms with van der Waals surface area (Å²) in [6.07, 6.45) is 0. The number of benzene rings is 1. The van der Waals surface area contributed by atoms with Crippen LogP contribution in [0.25, 0.3) is 0 Å². The summed E-state index contributed by atoms with van der Waals surface area (Å²) in [6, 6.07) is 3.72. The maximum atomic E-state index is 11.3. The Hall–Kier alpha value is -1.35. The first-order valence-corrected chi connectivity index (χ1v) is 4.15. The minimum atomic E-state index is -0.236. The fraction of sp³-hybridized carbons (Fsp3) is 0.300. The molecule has 1 aromatic rings. The number of aryl methyl sites for hydroxylation is 1. The molecule has 1 aromatic carbocycles. The zero-order chi connectivity index (χ0) is 10.0. The molecule has 0 unspecified atom stereocenters. The second-order valence-corrected chi connectivity index (χ2v) is 3.15. The molecule has 0 saturated carbocycles. The molecule has 0 bridgehead atoms. The summed E-state index contributed by atoms with van der Waals surface area (Å²) in [5.41, 5.74) is 6.09. The largest absolute Gasteiger partial charge is 0.290 e. The molecule has 0 heterocycles. The van der Waals surface area contributed by atoms with Crippen LogP contribution < -0.4 is 11.3 Å². The van der Waals surface area contributed by atoms with Crippen LogP contribution in [0.5, 0.6) is 0 Å². The molecule has 3 heteroatoms. The maximum Gasteiger partial charge on any atom is 0.265 e. The van der Waals surface area contributed by atoms with Crippen molar-refractivity contribution in [2.75, 3.05) is 0 Å². The van der Waals surface area contributed by atoms with Gasteiger partial charge in [0.15, 0.2) is 0 Å². The molecule has 0 radical (unpaired) electrons. The first-order valence-electron chi connectivity index (χ1n) is 4.15. The molecule has 1 rings (SSSR count). The Morgan fingerprint density at radius 1 is 1.23 bits per heavy atom. The molecule has 0 aliphatic heterocycles. The average Bonchev–Trinajstić information content (AvgIpc) is 2.13. The van der Waals surface area contributed by atoms with Crippen molar-refractivity contribution in [2.45, 2.75) is 20.8 Å². The van der Waals surface area contributed by atoms with Gasteiger partial charge in [0.05, 0.1) is 0 Å². The number of hydrogen-bond donors (Lipinski definition) is 2. The van der Waals surface area contributed by atoms with Crippen molar-refractivity contribution in [3.63, 3.8) is 0 Å². The van der Waals surface area contributed by atoms with Gasteiger partial charge in [0.25, 0.3) is 5.91 Å². The van der Waals surface area contributed by atoms with Gasteiger partial charge in [-0.05, 0) is 43.5 Å². The number of rotatable bonds is 1. The van der Waals surface area contributed by atoms with E-state index in [0.29, 0.717) is 5.56 Å². The summed E-state index contributed by atoms with van der Waals surface area (Å²) in [6.45, 7) is 5.94. The number of carbonyl (C=O) groups is 1. The first-order chi connectivity index (χ1) is 6.07. The topological polar surface area (TPSA) is 55.1 Å². The normalized spacial score (nSPS) is 9.85. The van der Waals surface area contributed by atoms with Crippen LogP contribution in [0, 0.1) is 20.8 Å². The van der Waals surface area contributed by atoms with Crippen molar-refractivity contribution >= 4 is 5.91 Å². The molecule has 13 heavy (non-hydrogen) atoms. The van der Waals surface area contributed by atoms with Gasteiger partial charge in [0.1, 0.15) is 0 Å². The van der Waals surface area contributed by atoms with E-state index in [4.69, 9.17) is 5.84 Å². The van der Waals surface area contributed by atoms with Gasteiger partial charge in [-0.1, -0.05) is 6.07 Å². The number of nitrogen functional groups attached to an aromatic ring is 1. The van der Waals surface area contributed by atoms with E-state index in [9.17, 15) is 4.79 Å². The fourth-order valence-electron chi connectivity index (χ4n) is 1.28. The Morgan fingerprint density at radius 3 is 2.38 bits per heavy atom. The second kappa shape index (κ2) is 3.58. The number of nitrogens with two attached hydrogens (primary N) is 1. The molecule has 3 N–H and O–H groups in total. The minimum Gasteiger partial charge on any atom is -0.290 e. The van der Waals surface area contributed by atoms with Gasteiger partial charge >= 0.3 is 0 Å². The van der Waals surface area contributed by atoms with Crippen molar-refractivity contribution in [1.82, 2.24) is 5.43 Å². The maximum absolute atomic E-state index is 11.3. The van der Waals surface area contributed by atoms with Gasteiger partial charge in [-0.25, -0.2) is 5.84 Å². The zero-order valence-electron chi connectivity index (χ0n) is 8.14. The fourth-order valence-corrected chi connectivity index (χ4v) is 1.28. The zero-order valence-corrected chi connectivity index (χ0v) is 8.14. The highest BCUT2D eigenvalue weighted by atomic mass is 16.2. The number of carbonyl (C=O) groups excluding carboxylic acids is 1. The van der Waals surface area contributed by atoms with Crippen molar-refractivity contribution in [3.8, 4) is 0 Å². The molecule has 1 amide bonds. The quantitative estimate of drug-likeness (QED) is 0.386. The van der Waals surface area contributed by atoms with E-state index in [1.807, 2.05) is 26.8 Å². The highest BCUT2D eigenvalue weighted by Crippen LogP contribution is 2.16. The highest BCUT2D eigenvalue weighted by Gasteiger charge is 2.09. The Morgan fingerprint density at radius 2 is 1.85 bits per heavy atom. The standard InChI is InChI=1S/C10H14N2O/c1-6-4-5-9(10(13)12-11)8(3)7(6)2/h4-5H,11H2,1-3H3,(H,12,13). The third kappa shape index (κ3) is 1.70. The number of hydrogen-bond acceptors (Lipinski definition) is 2. The smallest absolute Gasteiger partial charge is 0.265 e.